The zero-order chi connectivity index (χ0) is 23.3. The van der Waals surface area contributed by atoms with Crippen molar-refractivity contribution in [1.29, 1.82) is 0 Å². The Labute approximate surface area is 186 Å². The molecule has 10 heteroatoms. The third kappa shape index (κ3) is 5.95. The third-order valence-corrected chi connectivity index (χ3v) is 6.94. The molecule has 1 aliphatic heterocycles. The first-order valence-corrected chi connectivity index (χ1v) is 11.9. The second-order valence-corrected chi connectivity index (χ2v) is 9.86. The van der Waals surface area contributed by atoms with E-state index in [1.165, 1.54) is 18.1 Å². The number of hydrogen-bond acceptors (Lipinski definition) is 6. The van der Waals surface area contributed by atoms with Crippen LogP contribution in [0, 0.1) is 0 Å². The van der Waals surface area contributed by atoms with E-state index in [2.05, 4.69) is 4.74 Å². The summed E-state index contributed by atoms with van der Waals surface area (Å²) in [5.41, 5.74) is 1.45. The van der Waals surface area contributed by atoms with Crippen LogP contribution >= 0.6 is 0 Å². The Hall–Kier alpha value is -2.72. The van der Waals surface area contributed by atoms with Crippen molar-refractivity contribution in [3.05, 3.63) is 59.7 Å². The van der Waals surface area contributed by atoms with Crippen molar-refractivity contribution in [1.82, 2.24) is 9.80 Å². The average Bonchev–Trinajstić information content (AvgIpc) is 2.76. The van der Waals surface area contributed by atoms with E-state index in [0.717, 1.165) is 5.56 Å². The molecule has 0 N–H and O–H groups in total. The topological polar surface area (TPSA) is 76.2 Å². The number of alkyl halides is 2. The van der Waals surface area contributed by atoms with Gasteiger partial charge < -0.3 is 14.4 Å². The Morgan fingerprint density at radius 2 is 1.75 bits per heavy atom. The van der Waals surface area contributed by atoms with Crippen molar-refractivity contribution in [2.24, 2.45) is 0 Å². The van der Waals surface area contributed by atoms with Crippen molar-refractivity contribution in [3.8, 4) is 11.5 Å². The minimum atomic E-state index is -3.09. The SMILES string of the molecule is COc1cc(CN(C)C(=O)C(c2ccccc2)N2CCS(=O)(=O)CC2)ccc1OC(F)F. The number of rotatable bonds is 8. The maximum atomic E-state index is 13.5. The van der Waals surface area contributed by atoms with E-state index >= 15 is 0 Å². The molecule has 1 saturated heterocycles. The van der Waals surface area contributed by atoms with Gasteiger partial charge in [-0.3, -0.25) is 9.69 Å². The molecule has 0 spiro atoms. The maximum absolute atomic E-state index is 13.5. The summed E-state index contributed by atoms with van der Waals surface area (Å²) in [5, 5.41) is 0. The number of amides is 1. The van der Waals surface area contributed by atoms with Gasteiger partial charge >= 0.3 is 6.61 Å². The summed E-state index contributed by atoms with van der Waals surface area (Å²) in [4.78, 5) is 16.9. The van der Waals surface area contributed by atoms with Crippen LogP contribution < -0.4 is 9.47 Å². The molecule has 0 saturated carbocycles. The molecule has 0 radical (unpaired) electrons. The molecule has 1 amide bonds. The second kappa shape index (κ2) is 10.3. The van der Waals surface area contributed by atoms with Crippen LogP contribution in [0.25, 0.3) is 0 Å². The van der Waals surface area contributed by atoms with Crippen LogP contribution in [0.15, 0.2) is 48.5 Å². The van der Waals surface area contributed by atoms with Gasteiger partial charge in [0, 0.05) is 26.7 Å². The van der Waals surface area contributed by atoms with Crippen LogP contribution in [-0.2, 0) is 21.2 Å². The highest BCUT2D eigenvalue weighted by Crippen LogP contribution is 2.31. The van der Waals surface area contributed by atoms with Crippen molar-refractivity contribution in [2.75, 3.05) is 38.8 Å². The summed E-state index contributed by atoms with van der Waals surface area (Å²) in [5.74, 6) is -0.115. The first kappa shape index (κ1) is 23.9. The Morgan fingerprint density at radius 1 is 1.09 bits per heavy atom. The molecular weight excluding hydrogens is 442 g/mol. The molecule has 0 aromatic heterocycles. The van der Waals surface area contributed by atoms with E-state index in [-0.39, 0.29) is 48.5 Å². The number of ether oxygens (including phenoxy) is 2. The molecule has 0 aliphatic carbocycles. The highest BCUT2D eigenvalue weighted by atomic mass is 32.2. The first-order chi connectivity index (χ1) is 15.2. The van der Waals surface area contributed by atoms with E-state index < -0.39 is 22.5 Å². The van der Waals surface area contributed by atoms with Crippen LogP contribution in [0.4, 0.5) is 8.78 Å². The molecule has 0 bridgehead atoms. The molecule has 1 atom stereocenters. The highest BCUT2D eigenvalue weighted by molar-refractivity contribution is 7.91. The largest absolute Gasteiger partial charge is 0.493 e. The number of likely N-dealkylation sites (N-methyl/N-ethyl adjacent to an activating group) is 1. The van der Waals surface area contributed by atoms with E-state index in [1.54, 1.807) is 19.2 Å². The standard InChI is InChI=1S/C22H26F2N2O5S/c1-25(15-16-8-9-18(31-22(23)24)19(14-16)30-2)21(27)20(17-6-4-3-5-7-17)26-10-12-32(28,29)13-11-26/h3-9,14,20,22H,10-13,15H2,1-2H3. The fourth-order valence-corrected chi connectivity index (χ4v) is 4.92. The number of nitrogens with zero attached hydrogens (tertiary/aromatic N) is 2. The predicted molar refractivity (Wildman–Crippen MR) is 116 cm³/mol. The Morgan fingerprint density at radius 3 is 2.34 bits per heavy atom. The van der Waals surface area contributed by atoms with Gasteiger partial charge in [0.15, 0.2) is 21.3 Å². The summed E-state index contributed by atoms with van der Waals surface area (Å²) in [7, 11) is -0.0949. The number of carbonyl (C=O) groups excluding carboxylic acids is 1. The molecule has 32 heavy (non-hydrogen) atoms. The van der Waals surface area contributed by atoms with Gasteiger partial charge in [0.1, 0.15) is 6.04 Å². The number of methoxy groups -OCH3 is 1. The number of hydrogen-bond donors (Lipinski definition) is 0. The molecule has 3 rings (SSSR count). The van der Waals surface area contributed by atoms with E-state index in [4.69, 9.17) is 4.74 Å². The van der Waals surface area contributed by atoms with Gasteiger partial charge in [0.25, 0.3) is 0 Å². The van der Waals surface area contributed by atoms with E-state index in [0.29, 0.717) is 5.56 Å². The summed E-state index contributed by atoms with van der Waals surface area (Å²) < 4.78 is 58.4. The fraction of sp³-hybridized carbons (Fsp3) is 0.409. The predicted octanol–water partition coefficient (Wildman–Crippen LogP) is 2.73. The molecule has 1 fully saturated rings. The summed E-state index contributed by atoms with van der Waals surface area (Å²) >= 11 is 0. The van der Waals surface area contributed by atoms with Crippen molar-refractivity contribution < 1.29 is 31.5 Å². The lowest BCUT2D eigenvalue weighted by molar-refractivity contribution is -0.136. The minimum absolute atomic E-state index is 0.0100. The van der Waals surface area contributed by atoms with Crippen LogP contribution in [0.3, 0.4) is 0 Å². The molecule has 1 heterocycles. The lowest BCUT2D eigenvalue weighted by atomic mass is 10.0. The average molecular weight is 469 g/mol. The molecule has 7 nitrogen and oxygen atoms in total. The summed E-state index contributed by atoms with van der Waals surface area (Å²) in [6.45, 7) is -2.22. The van der Waals surface area contributed by atoms with Crippen LogP contribution in [0.2, 0.25) is 0 Å². The summed E-state index contributed by atoms with van der Waals surface area (Å²) in [6, 6.07) is 13.1. The molecule has 1 unspecified atom stereocenters. The first-order valence-electron chi connectivity index (χ1n) is 10.1. The normalized spacial score (nSPS) is 17.0. The van der Waals surface area contributed by atoms with Crippen LogP contribution in [-0.4, -0.2) is 69.5 Å². The fourth-order valence-electron chi connectivity index (χ4n) is 3.69. The van der Waals surface area contributed by atoms with Gasteiger partial charge in [-0.1, -0.05) is 36.4 Å². The second-order valence-electron chi connectivity index (χ2n) is 7.56. The lowest BCUT2D eigenvalue weighted by Gasteiger charge is -2.36. The van der Waals surface area contributed by atoms with E-state index in [1.807, 2.05) is 35.2 Å². The Balaban J connectivity index is 1.80. The molecular formula is C22H26F2N2O5S. The number of sulfone groups is 1. The zero-order valence-electron chi connectivity index (χ0n) is 17.9. The van der Waals surface area contributed by atoms with Gasteiger partial charge in [0.2, 0.25) is 5.91 Å². The van der Waals surface area contributed by atoms with Crippen LogP contribution in [0.1, 0.15) is 17.2 Å². The van der Waals surface area contributed by atoms with Gasteiger partial charge in [-0.05, 0) is 23.3 Å². The monoisotopic (exact) mass is 468 g/mol. The number of halogens is 2. The number of benzene rings is 2. The molecule has 2 aromatic rings. The van der Waals surface area contributed by atoms with Crippen molar-refractivity contribution >= 4 is 15.7 Å². The smallest absolute Gasteiger partial charge is 0.387 e. The van der Waals surface area contributed by atoms with Crippen LogP contribution in [0.5, 0.6) is 11.5 Å². The zero-order valence-corrected chi connectivity index (χ0v) is 18.7. The van der Waals surface area contributed by atoms with Gasteiger partial charge in [-0.25, -0.2) is 8.42 Å². The molecule has 1 aliphatic rings. The third-order valence-electron chi connectivity index (χ3n) is 5.33. The lowest BCUT2D eigenvalue weighted by Crippen LogP contribution is -2.47. The molecule has 174 valence electrons. The van der Waals surface area contributed by atoms with E-state index in [9.17, 15) is 22.0 Å². The number of carbonyl (C=O) groups is 1. The van der Waals surface area contributed by atoms with Gasteiger partial charge in [-0.2, -0.15) is 8.78 Å². The highest BCUT2D eigenvalue weighted by Gasteiger charge is 2.34. The summed E-state index contributed by atoms with van der Waals surface area (Å²) in [6.07, 6.45) is 0. The van der Waals surface area contributed by atoms with Crippen molar-refractivity contribution in [2.45, 2.75) is 19.2 Å². The minimum Gasteiger partial charge on any atom is -0.493 e. The van der Waals surface area contributed by atoms with Gasteiger partial charge in [0.05, 0.1) is 18.6 Å². The van der Waals surface area contributed by atoms with Crippen molar-refractivity contribution in [3.63, 3.8) is 0 Å². The Kier molecular flexibility index (Phi) is 7.68. The molecule has 2 aromatic carbocycles. The Bertz CT molecular complexity index is 1020. The van der Waals surface area contributed by atoms with Gasteiger partial charge in [-0.15, -0.1) is 0 Å². The maximum Gasteiger partial charge on any atom is 0.387 e. The quantitative estimate of drug-likeness (QED) is 0.593.